The SMILES string of the molecule is O=C(c1ccc2c(c1)CCO2)N1CCCC(CCCl)C1. The Balaban J connectivity index is 1.72. The van der Waals surface area contributed by atoms with Crippen molar-refractivity contribution in [3.05, 3.63) is 29.3 Å². The van der Waals surface area contributed by atoms with Gasteiger partial charge in [-0.25, -0.2) is 0 Å². The normalized spacial score (nSPS) is 21.4. The van der Waals surface area contributed by atoms with E-state index in [1.54, 1.807) is 0 Å². The van der Waals surface area contributed by atoms with Crippen LogP contribution >= 0.6 is 11.6 Å². The highest BCUT2D eigenvalue weighted by molar-refractivity contribution is 6.17. The van der Waals surface area contributed by atoms with Crippen molar-refractivity contribution in [2.45, 2.75) is 25.7 Å². The summed E-state index contributed by atoms with van der Waals surface area (Å²) in [5.74, 6) is 2.32. The average molecular weight is 294 g/mol. The number of hydrogen-bond donors (Lipinski definition) is 0. The Labute approximate surface area is 124 Å². The molecule has 1 saturated heterocycles. The molecule has 1 unspecified atom stereocenters. The van der Waals surface area contributed by atoms with Crippen molar-refractivity contribution >= 4 is 17.5 Å². The van der Waals surface area contributed by atoms with Gasteiger partial charge in [0.1, 0.15) is 5.75 Å². The fourth-order valence-electron chi connectivity index (χ4n) is 3.14. The van der Waals surface area contributed by atoms with E-state index in [0.29, 0.717) is 11.8 Å². The number of fused-ring (bicyclic) bond motifs is 1. The van der Waals surface area contributed by atoms with E-state index in [2.05, 4.69) is 0 Å². The largest absolute Gasteiger partial charge is 0.493 e. The first-order chi connectivity index (χ1) is 9.78. The zero-order valence-corrected chi connectivity index (χ0v) is 12.4. The van der Waals surface area contributed by atoms with Crippen LogP contribution in [0, 0.1) is 5.92 Å². The summed E-state index contributed by atoms with van der Waals surface area (Å²) in [6.45, 7) is 2.44. The smallest absolute Gasteiger partial charge is 0.253 e. The van der Waals surface area contributed by atoms with Crippen molar-refractivity contribution in [3.8, 4) is 5.75 Å². The van der Waals surface area contributed by atoms with Gasteiger partial charge < -0.3 is 9.64 Å². The number of nitrogens with zero attached hydrogens (tertiary/aromatic N) is 1. The Morgan fingerprint density at radius 1 is 1.45 bits per heavy atom. The molecular formula is C16H20ClNO2. The first-order valence-electron chi connectivity index (χ1n) is 7.39. The maximum atomic E-state index is 12.6. The van der Waals surface area contributed by atoms with E-state index >= 15 is 0 Å². The van der Waals surface area contributed by atoms with Crippen LogP contribution in [-0.2, 0) is 6.42 Å². The Morgan fingerprint density at radius 2 is 2.35 bits per heavy atom. The third-order valence-corrected chi connectivity index (χ3v) is 4.48. The number of halogens is 1. The molecule has 2 aliphatic rings. The minimum atomic E-state index is 0.152. The van der Waals surface area contributed by atoms with Crippen molar-refractivity contribution in [1.29, 1.82) is 0 Å². The molecule has 0 aliphatic carbocycles. The van der Waals surface area contributed by atoms with Gasteiger partial charge in [-0.05, 0) is 48.9 Å². The Morgan fingerprint density at radius 3 is 3.20 bits per heavy atom. The van der Waals surface area contributed by atoms with Crippen molar-refractivity contribution in [1.82, 2.24) is 4.90 Å². The Kier molecular flexibility index (Phi) is 4.16. The van der Waals surface area contributed by atoms with E-state index < -0.39 is 0 Å². The summed E-state index contributed by atoms with van der Waals surface area (Å²) >= 11 is 5.83. The number of benzene rings is 1. The topological polar surface area (TPSA) is 29.5 Å². The van der Waals surface area contributed by atoms with E-state index in [0.717, 1.165) is 55.8 Å². The number of alkyl halides is 1. The molecule has 0 radical (unpaired) electrons. The lowest BCUT2D eigenvalue weighted by molar-refractivity contribution is 0.0671. The number of amides is 1. The van der Waals surface area contributed by atoms with Crippen LogP contribution in [0.4, 0.5) is 0 Å². The predicted octanol–water partition coefficient (Wildman–Crippen LogP) is 3.10. The summed E-state index contributed by atoms with van der Waals surface area (Å²) in [6.07, 6.45) is 4.19. The molecule has 3 rings (SSSR count). The van der Waals surface area contributed by atoms with E-state index in [1.165, 1.54) is 6.42 Å². The van der Waals surface area contributed by atoms with Crippen LogP contribution in [0.1, 0.15) is 35.2 Å². The zero-order chi connectivity index (χ0) is 13.9. The van der Waals surface area contributed by atoms with E-state index in [9.17, 15) is 4.79 Å². The van der Waals surface area contributed by atoms with Crippen LogP contribution in [0.5, 0.6) is 5.75 Å². The summed E-state index contributed by atoms with van der Waals surface area (Å²) in [4.78, 5) is 14.6. The van der Waals surface area contributed by atoms with Crippen LogP contribution in [0.2, 0.25) is 0 Å². The molecule has 0 N–H and O–H groups in total. The number of carbonyl (C=O) groups excluding carboxylic acids is 1. The lowest BCUT2D eigenvalue weighted by atomic mass is 9.95. The van der Waals surface area contributed by atoms with Gasteiger partial charge >= 0.3 is 0 Å². The van der Waals surface area contributed by atoms with Crippen molar-refractivity contribution in [2.75, 3.05) is 25.6 Å². The maximum Gasteiger partial charge on any atom is 0.253 e. The Hall–Kier alpha value is -1.22. The highest BCUT2D eigenvalue weighted by Crippen LogP contribution is 2.27. The second-order valence-electron chi connectivity index (χ2n) is 5.66. The molecule has 4 heteroatoms. The second-order valence-corrected chi connectivity index (χ2v) is 6.04. The standard InChI is InChI=1S/C16H20ClNO2/c17-7-5-12-2-1-8-18(11-12)16(19)14-3-4-15-13(10-14)6-9-20-15/h3-4,10,12H,1-2,5-9,11H2. The fourth-order valence-corrected chi connectivity index (χ4v) is 3.45. The molecule has 1 atom stereocenters. The van der Waals surface area contributed by atoms with Gasteiger partial charge in [-0.3, -0.25) is 4.79 Å². The molecule has 2 aliphatic heterocycles. The van der Waals surface area contributed by atoms with Gasteiger partial charge in [-0.2, -0.15) is 0 Å². The number of likely N-dealkylation sites (tertiary alicyclic amines) is 1. The number of carbonyl (C=O) groups is 1. The van der Waals surface area contributed by atoms with Crippen LogP contribution in [0.25, 0.3) is 0 Å². The molecule has 1 aromatic carbocycles. The van der Waals surface area contributed by atoms with Crippen LogP contribution < -0.4 is 4.74 Å². The van der Waals surface area contributed by atoms with Crippen molar-refractivity contribution in [3.63, 3.8) is 0 Å². The number of ether oxygens (including phenoxy) is 1. The summed E-state index contributed by atoms with van der Waals surface area (Å²) in [5.41, 5.74) is 1.95. The minimum absolute atomic E-state index is 0.152. The van der Waals surface area contributed by atoms with E-state index in [1.807, 2.05) is 23.1 Å². The summed E-state index contributed by atoms with van der Waals surface area (Å²) in [5, 5.41) is 0. The van der Waals surface area contributed by atoms with Gasteiger partial charge in [0.25, 0.3) is 5.91 Å². The molecule has 2 heterocycles. The van der Waals surface area contributed by atoms with Gasteiger partial charge in [0.2, 0.25) is 0 Å². The average Bonchev–Trinajstić information content (AvgIpc) is 2.94. The highest BCUT2D eigenvalue weighted by Gasteiger charge is 2.25. The summed E-state index contributed by atoms with van der Waals surface area (Å²) in [6, 6.07) is 5.81. The molecule has 3 nitrogen and oxygen atoms in total. The maximum absolute atomic E-state index is 12.6. The van der Waals surface area contributed by atoms with Gasteiger partial charge in [0.05, 0.1) is 6.61 Å². The molecule has 1 amide bonds. The highest BCUT2D eigenvalue weighted by atomic mass is 35.5. The Bertz CT molecular complexity index is 501. The monoisotopic (exact) mass is 293 g/mol. The van der Waals surface area contributed by atoms with Crippen molar-refractivity contribution in [2.24, 2.45) is 5.92 Å². The van der Waals surface area contributed by atoms with Gasteiger partial charge in [-0.15, -0.1) is 11.6 Å². The molecule has 0 bridgehead atoms. The number of hydrogen-bond acceptors (Lipinski definition) is 2. The fraction of sp³-hybridized carbons (Fsp3) is 0.562. The number of piperidine rings is 1. The summed E-state index contributed by atoms with van der Waals surface area (Å²) < 4.78 is 5.49. The quantitative estimate of drug-likeness (QED) is 0.802. The predicted molar refractivity (Wildman–Crippen MR) is 79.6 cm³/mol. The number of rotatable bonds is 3. The molecule has 1 aromatic rings. The first-order valence-corrected chi connectivity index (χ1v) is 7.92. The van der Waals surface area contributed by atoms with Crippen LogP contribution in [-0.4, -0.2) is 36.4 Å². The molecule has 108 valence electrons. The van der Waals surface area contributed by atoms with Crippen LogP contribution in [0.15, 0.2) is 18.2 Å². The molecular weight excluding hydrogens is 274 g/mol. The molecule has 20 heavy (non-hydrogen) atoms. The van der Waals surface area contributed by atoms with Crippen LogP contribution in [0.3, 0.4) is 0 Å². The van der Waals surface area contributed by atoms with Gasteiger partial charge in [0, 0.05) is 31.0 Å². The molecule has 1 fully saturated rings. The van der Waals surface area contributed by atoms with Crippen molar-refractivity contribution < 1.29 is 9.53 Å². The third kappa shape index (κ3) is 2.78. The van der Waals surface area contributed by atoms with Gasteiger partial charge in [-0.1, -0.05) is 0 Å². The van der Waals surface area contributed by atoms with E-state index in [4.69, 9.17) is 16.3 Å². The second kappa shape index (κ2) is 6.04. The molecule has 0 saturated carbocycles. The lowest BCUT2D eigenvalue weighted by Crippen LogP contribution is -2.40. The molecule has 0 aromatic heterocycles. The third-order valence-electron chi connectivity index (χ3n) is 4.26. The minimum Gasteiger partial charge on any atom is -0.493 e. The zero-order valence-electron chi connectivity index (χ0n) is 11.6. The van der Waals surface area contributed by atoms with Gasteiger partial charge in [0.15, 0.2) is 0 Å². The lowest BCUT2D eigenvalue weighted by Gasteiger charge is -2.32. The van der Waals surface area contributed by atoms with E-state index in [-0.39, 0.29) is 5.91 Å². The molecule has 0 spiro atoms. The summed E-state index contributed by atoms with van der Waals surface area (Å²) in [7, 11) is 0. The first kappa shape index (κ1) is 13.7.